The van der Waals surface area contributed by atoms with Gasteiger partial charge in [-0.15, -0.1) is 0 Å². The summed E-state index contributed by atoms with van der Waals surface area (Å²) in [4.78, 5) is 25.3. The van der Waals surface area contributed by atoms with Crippen LogP contribution < -0.4 is 9.21 Å². The zero-order chi connectivity index (χ0) is 29.1. The summed E-state index contributed by atoms with van der Waals surface area (Å²) in [6, 6.07) is 13.8. The molecule has 4 aromatic rings. The largest absolute Gasteiger partial charge is 0.459 e. The molecular weight excluding hydrogens is 581 g/mol. The van der Waals surface area contributed by atoms with Crippen molar-refractivity contribution in [2.75, 3.05) is 36.0 Å². The number of benzene rings is 2. The number of fused-ring (bicyclic) bond motifs is 1. The van der Waals surface area contributed by atoms with E-state index in [2.05, 4.69) is 11.9 Å². The number of rotatable bonds is 8. The van der Waals surface area contributed by atoms with Gasteiger partial charge < -0.3 is 18.7 Å². The van der Waals surface area contributed by atoms with Gasteiger partial charge in [-0.25, -0.2) is 9.97 Å². The summed E-state index contributed by atoms with van der Waals surface area (Å²) in [6.45, 7) is 7.15. The molecule has 8 nitrogen and oxygen atoms in total. The van der Waals surface area contributed by atoms with Gasteiger partial charge in [0, 0.05) is 58.5 Å². The van der Waals surface area contributed by atoms with Crippen molar-refractivity contribution in [2.45, 2.75) is 50.2 Å². The lowest BCUT2D eigenvalue weighted by atomic mass is 10.1. The Kier molecular flexibility index (Phi) is 8.99. The molecule has 3 heterocycles. The second-order valence-electron chi connectivity index (χ2n) is 10.9. The number of carbonyl (C=O) groups excluding carboxylic acids is 1. The van der Waals surface area contributed by atoms with E-state index in [9.17, 15) is 4.79 Å². The van der Waals surface area contributed by atoms with Crippen LogP contribution in [0.4, 0.5) is 11.5 Å². The fraction of sp³-hybridized carbons (Fsp3) is 0.367. The summed E-state index contributed by atoms with van der Waals surface area (Å²) in [6.07, 6.45) is 7.56. The van der Waals surface area contributed by atoms with Crippen molar-refractivity contribution in [3.8, 4) is 5.82 Å². The Morgan fingerprint density at radius 2 is 1.80 bits per heavy atom. The van der Waals surface area contributed by atoms with Crippen LogP contribution in [0, 0.1) is 0 Å². The Morgan fingerprint density at radius 1 is 1.07 bits per heavy atom. The van der Waals surface area contributed by atoms with Gasteiger partial charge in [0.05, 0.1) is 17.9 Å². The summed E-state index contributed by atoms with van der Waals surface area (Å²) >= 11 is 13.9. The van der Waals surface area contributed by atoms with E-state index in [4.69, 9.17) is 42.6 Å². The maximum Gasteiger partial charge on any atom is 0.327 e. The number of anilines is 2. The molecule has 0 amide bonds. The van der Waals surface area contributed by atoms with E-state index >= 15 is 0 Å². The van der Waals surface area contributed by atoms with Crippen molar-refractivity contribution in [3.63, 3.8) is 0 Å². The number of ether oxygens (including phenoxy) is 2. The van der Waals surface area contributed by atoms with Crippen LogP contribution in [0.15, 0.2) is 66.0 Å². The van der Waals surface area contributed by atoms with E-state index in [-0.39, 0.29) is 12.5 Å². The van der Waals surface area contributed by atoms with Gasteiger partial charge in [0.15, 0.2) is 5.82 Å². The number of nitrogens with zero attached hydrogens (tertiary/aromatic N) is 5. The summed E-state index contributed by atoms with van der Waals surface area (Å²) in [5.41, 5.74) is 1.22. The van der Waals surface area contributed by atoms with Crippen LogP contribution in [0.5, 0.6) is 0 Å². The molecule has 1 aliphatic heterocycles. The topological polar surface area (TPSA) is 72.7 Å². The first-order valence-corrected chi connectivity index (χ1v) is 15.0. The lowest BCUT2D eigenvalue weighted by Crippen LogP contribution is -2.37. The Balaban J connectivity index is 1.40. The molecule has 0 aliphatic carbocycles. The SMILES string of the molecule is CN(c1cnc(-n2ccc3cc(N(CC(=O)OC(C)(C)C)Sc4cc(Cl)cc(Cl)c4)ccc32)cn1)C1CCOCC1. The number of halogens is 2. The van der Waals surface area contributed by atoms with Crippen molar-refractivity contribution >= 4 is 63.5 Å². The van der Waals surface area contributed by atoms with Gasteiger partial charge in [0.1, 0.15) is 18.0 Å². The number of aromatic nitrogens is 3. The van der Waals surface area contributed by atoms with Gasteiger partial charge in [-0.2, -0.15) is 0 Å². The highest BCUT2D eigenvalue weighted by molar-refractivity contribution is 8.00. The number of hydrogen-bond donors (Lipinski definition) is 0. The smallest absolute Gasteiger partial charge is 0.327 e. The molecule has 1 aliphatic rings. The highest BCUT2D eigenvalue weighted by atomic mass is 35.5. The van der Waals surface area contributed by atoms with Crippen LogP contribution in [0.2, 0.25) is 10.0 Å². The standard InChI is InChI=1S/C30H33Cl2N5O3S/c1-30(2,3)40-29(38)19-37(41-25-15-21(31)14-22(32)16-25)24-5-6-26-20(13-24)7-10-36(26)28-18-33-27(17-34-28)35(4)23-8-11-39-12-9-23/h5-7,10,13-18,23H,8-9,11-12,19H2,1-4H3. The van der Waals surface area contributed by atoms with Crippen LogP contribution in [-0.4, -0.2) is 59.0 Å². The molecule has 41 heavy (non-hydrogen) atoms. The molecule has 2 aromatic heterocycles. The van der Waals surface area contributed by atoms with E-state index in [0.29, 0.717) is 16.1 Å². The molecule has 216 valence electrons. The molecule has 1 fully saturated rings. The van der Waals surface area contributed by atoms with Crippen LogP contribution in [0.3, 0.4) is 0 Å². The molecule has 0 radical (unpaired) electrons. The fourth-order valence-electron chi connectivity index (χ4n) is 4.74. The van der Waals surface area contributed by atoms with E-state index in [1.807, 2.05) is 78.4 Å². The lowest BCUT2D eigenvalue weighted by Gasteiger charge is -2.31. The molecule has 0 spiro atoms. The van der Waals surface area contributed by atoms with Gasteiger partial charge in [0.25, 0.3) is 0 Å². The van der Waals surface area contributed by atoms with E-state index in [1.165, 1.54) is 11.9 Å². The molecule has 0 bridgehead atoms. The third-order valence-corrected chi connectivity index (χ3v) is 8.12. The van der Waals surface area contributed by atoms with Crippen molar-refractivity contribution in [3.05, 3.63) is 71.1 Å². The van der Waals surface area contributed by atoms with Crippen LogP contribution in [0.1, 0.15) is 33.6 Å². The maximum absolute atomic E-state index is 12.8. The minimum absolute atomic E-state index is 0.0336. The number of esters is 1. The molecule has 0 atom stereocenters. The Labute approximate surface area is 254 Å². The van der Waals surface area contributed by atoms with Crippen LogP contribution in [-0.2, 0) is 14.3 Å². The Morgan fingerprint density at radius 3 is 2.46 bits per heavy atom. The van der Waals surface area contributed by atoms with Crippen LogP contribution in [0.25, 0.3) is 16.7 Å². The van der Waals surface area contributed by atoms with Gasteiger partial charge in [-0.3, -0.25) is 9.36 Å². The van der Waals surface area contributed by atoms with Gasteiger partial charge in [-0.1, -0.05) is 23.2 Å². The highest BCUT2D eigenvalue weighted by Crippen LogP contribution is 2.35. The van der Waals surface area contributed by atoms with E-state index in [0.717, 1.165) is 59.2 Å². The van der Waals surface area contributed by atoms with Crippen molar-refractivity contribution < 1.29 is 14.3 Å². The van der Waals surface area contributed by atoms with Crippen molar-refractivity contribution in [1.29, 1.82) is 0 Å². The molecular formula is C30H33Cl2N5O3S. The molecule has 0 N–H and O–H groups in total. The quantitative estimate of drug-likeness (QED) is 0.153. The zero-order valence-corrected chi connectivity index (χ0v) is 25.8. The Bertz CT molecular complexity index is 1500. The highest BCUT2D eigenvalue weighted by Gasteiger charge is 2.22. The van der Waals surface area contributed by atoms with Crippen LogP contribution >= 0.6 is 35.1 Å². The van der Waals surface area contributed by atoms with Crippen molar-refractivity contribution in [2.24, 2.45) is 0 Å². The predicted octanol–water partition coefficient (Wildman–Crippen LogP) is 7.20. The van der Waals surface area contributed by atoms with E-state index in [1.54, 1.807) is 12.3 Å². The zero-order valence-electron chi connectivity index (χ0n) is 23.5. The molecule has 0 saturated carbocycles. The van der Waals surface area contributed by atoms with Gasteiger partial charge in [-0.05, 0) is 88.0 Å². The molecule has 5 rings (SSSR count). The first-order chi connectivity index (χ1) is 19.6. The molecule has 2 aromatic carbocycles. The second-order valence-corrected chi connectivity index (χ2v) is 12.9. The summed E-state index contributed by atoms with van der Waals surface area (Å²) in [7, 11) is 2.06. The fourth-order valence-corrected chi connectivity index (χ4v) is 6.40. The lowest BCUT2D eigenvalue weighted by molar-refractivity contribution is -0.152. The Hall–Kier alpha value is -2.98. The summed E-state index contributed by atoms with van der Waals surface area (Å²) in [5.74, 6) is 1.23. The number of hydrogen-bond acceptors (Lipinski definition) is 8. The average molecular weight is 615 g/mol. The monoisotopic (exact) mass is 613 g/mol. The van der Waals surface area contributed by atoms with Gasteiger partial charge >= 0.3 is 5.97 Å². The predicted molar refractivity (Wildman–Crippen MR) is 167 cm³/mol. The van der Waals surface area contributed by atoms with Gasteiger partial charge in [0.2, 0.25) is 0 Å². The minimum atomic E-state index is -0.593. The van der Waals surface area contributed by atoms with E-state index < -0.39 is 5.60 Å². The third kappa shape index (κ3) is 7.46. The number of carbonyl (C=O) groups is 1. The van der Waals surface area contributed by atoms with Crippen molar-refractivity contribution in [1.82, 2.24) is 14.5 Å². The molecule has 0 unspecified atom stereocenters. The minimum Gasteiger partial charge on any atom is -0.459 e. The first kappa shape index (κ1) is 29.5. The maximum atomic E-state index is 12.8. The molecule has 11 heteroatoms. The molecule has 1 saturated heterocycles. The summed E-state index contributed by atoms with van der Waals surface area (Å²) < 4.78 is 15.0. The summed E-state index contributed by atoms with van der Waals surface area (Å²) in [5, 5.41) is 2.04. The normalized spacial score (nSPS) is 14.3. The average Bonchev–Trinajstić information content (AvgIpc) is 3.35. The third-order valence-electron chi connectivity index (χ3n) is 6.68. The second kappa shape index (κ2) is 12.5. The first-order valence-electron chi connectivity index (χ1n) is 13.4.